The van der Waals surface area contributed by atoms with E-state index in [9.17, 15) is 0 Å². The highest BCUT2D eigenvalue weighted by Gasteiger charge is 2.19. The van der Waals surface area contributed by atoms with Crippen molar-refractivity contribution in [3.8, 4) is 56.4 Å². The van der Waals surface area contributed by atoms with Gasteiger partial charge in [0, 0.05) is 27.5 Å². The van der Waals surface area contributed by atoms with Crippen molar-refractivity contribution in [2.24, 2.45) is 0 Å². The number of hydrogen-bond donors (Lipinski definition) is 0. The van der Waals surface area contributed by atoms with Gasteiger partial charge in [-0.25, -0.2) is 15.0 Å². The molecule has 0 N–H and O–H groups in total. The van der Waals surface area contributed by atoms with Crippen LogP contribution in [0.3, 0.4) is 0 Å². The summed E-state index contributed by atoms with van der Waals surface area (Å²) >= 11 is 0. The summed E-state index contributed by atoms with van der Waals surface area (Å²) in [6.07, 6.45) is 0. The summed E-state index contributed by atoms with van der Waals surface area (Å²) in [6, 6.07) is 51.6. The molecule has 0 fully saturated rings. The molecule has 0 unspecified atom stereocenters. The Hall–Kier alpha value is -5.87. The monoisotopic (exact) mass is 551 g/mol. The van der Waals surface area contributed by atoms with Crippen molar-refractivity contribution in [2.45, 2.75) is 0 Å². The van der Waals surface area contributed by atoms with E-state index in [1.807, 2.05) is 66.7 Å². The quantitative estimate of drug-likeness (QED) is 0.214. The highest BCUT2D eigenvalue weighted by molar-refractivity contribution is 6.12. The molecule has 0 bridgehead atoms. The summed E-state index contributed by atoms with van der Waals surface area (Å²) in [4.78, 5) is 14.9. The SMILES string of the molecule is c1ccc(-c2ccc(-c3nc(-c4ccccc4)nc(-c4cccc5c4oc4c(-c6ccccc6)cccc45)n3)cc2)cc1. The van der Waals surface area contributed by atoms with Crippen molar-refractivity contribution in [1.29, 1.82) is 0 Å². The molecule has 0 aliphatic rings. The van der Waals surface area contributed by atoms with Gasteiger partial charge in [-0.1, -0.05) is 146 Å². The van der Waals surface area contributed by atoms with Gasteiger partial charge in [-0.2, -0.15) is 0 Å². The lowest BCUT2D eigenvalue weighted by atomic mass is 10.0. The minimum Gasteiger partial charge on any atom is -0.455 e. The number of aromatic nitrogens is 3. The molecule has 2 heterocycles. The third-order valence-corrected chi connectivity index (χ3v) is 7.77. The van der Waals surface area contributed by atoms with Crippen LogP contribution in [0, 0.1) is 0 Å². The van der Waals surface area contributed by atoms with E-state index < -0.39 is 0 Å². The van der Waals surface area contributed by atoms with E-state index in [1.165, 1.54) is 5.56 Å². The first-order chi connectivity index (χ1) is 21.3. The molecule has 4 nitrogen and oxygen atoms in total. The average molecular weight is 552 g/mol. The Bertz CT molecular complexity index is 2210. The Morgan fingerprint density at radius 2 is 0.721 bits per heavy atom. The Labute approximate surface area is 249 Å². The average Bonchev–Trinajstić information content (AvgIpc) is 3.48. The van der Waals surface area contributed by atoms with Crippen molar-refractivity contribution in [3.05, 3.63) is 152 Å². The van der Waals surface area contributed by atoms with Gasteiger partial charge in [-0.15, -0.1) is 0 Å². The summed E-state index contributed by atoms with van der Waals surface area (Å²) in [6.45, 7) is 0. The molecule has 8 rings (SSSR count). The van der Waals surface area contributed by atoms with Crippen molar-refractivity contribution < 1.29 is 4.42 Å². The highest BCUT2D eigenvalue weighted by atomic mass is 16.3. The molecule has 202 valence electrons. The zero-order valence-electron chi connectivity index (χ0n) is 23.2. The van der Waals surface area contributed by atoms with Gasteiger partial charge >= 0.3 is 0 Å². The Balaban J connectivity index is 1.31. The van der Waals surface area contributed by atoms with Gasteiger partial charge in [-0.05, 0) is 22.8 Å². The first kappa shape index (κ1) is 24.9. The van der Waals surface area contributed by atoms with E-state index in [4.69, 9.17) is 19.4 Å². The van der Waals surface area contributed by atoms with Crippen LogP contribution < -0.4 is 0 Å². The predicted molar refractivity (Wildman–Crippen MR) is 174 cm³/mol. The zero-order chi connectivity index (χ0) is 28.6. The van der Waals surface area contributed by atoms with E-state index in [1.54, 1.807) is 0 Å². The van der Waals surface area contributed by atoms with E-state index in [0.717, 1.165) is 55.3 Å². The molecule has 6 aromatic carbocycles. The fourth-order valence-corrected chi connectivity index (χ4v) is 5.63. The standard InChI is InChI=1S/C39H25N3O/c1-4-12-26(13-5-1)27-22-24-30(25-23-27)38-40-37(29-16-8-3-9-17-29)41-39(42-38)34-21-11-20-33-32-19-10-18-31(35(32)43-36(33)34)28-14-6-2-7-15-28/h1-25H. The largest absolute Gasteiger partial charge is 0.455 e. The van der Waals surface area contributed by atoms with Gasteiger partial charge in [0.1, 0.15) is 11.2 Å². The maximum atomic E-state index is 6.68. The second-order valence-electron chi connectivity index (χ2n) is 10.4. The van der Waals surface area contributed by atoms with Crippen LogP contribution in [0.5, 0.6) is 0 Å². The number of hydrogen-bond acceptors (Lipinski definition) is 4. The fourth-order valence-electron chi connectivity index (χ4n) is 5.63. The molecule has 8 aromatic rings. The van der Waals surface area contributed by atoms with Gasteiger partial charge in [0.15, 0.2) is 17.5 Å². The van der Waals surface area contributed by atoms with E-state index in [-0.39, 0.29) is 0 Å². The predicted octanol–water partition coefficient (Wildman–Crippen LogP) is 10.1. The van der Waals surface area contributed by atoms with E-state index in [0.29, 0.717) is 17.5 Å². The molecule has 0 radical (unpaired) electrons. The Morgan fingerprint density at radius 1 is 0.302 bits per heavy atom. The summed E-state index contributed by atoms with van der Waals surface area (Å²) in [5.41, 5.74) is 8.77. The van der Waals surface area contributed by atoms with Crippen LogP contribution in [0.25, 0.3) is 78.4 Å². The van der Waals surface area contributed by atoms with Crippen molar-refractivity contribution >= 4 is 21.9 Å². The fraction of sp³-hybridized carbons (Fsp3) is 0. The topological polar surface area (TPSA) is 51.8 Å². The second kappa shape index (κ2) is 10.5. The minimum atomic E-state index is 0.571. The smallest absolute Gasteiger partial charge is 0.167 e. The normalized spacial score (nSPS) is 11.3. The van der Waals surface area contributed by atoms with Gasteiger partial charge in [-0.3, -0.25) is 0 Å². The summed E-state index contributed by atoms with van der Waals surface area (Å²) in [7, 11) is 0. The van der Waals surface area contributed by atoms with Crippen LogP contribution in [-0.4, -0.2) is 15.0 Å². The molecule has 0 spiro atoms. The lowest BCUT2D eigenvalue weighted by molar-refractivity contribution is 0.670. The van der Waals surface area contributed by atoms with E-state index >= 15 is 0 Å². The molecule has 0 amide bonds. The maximum absolute atomic E-state index is 6.68. The second-order valence-corrected chi connectivity index (χ2v) is 10.4. The molecule has 2 aromatic heterocycles. The van der Waals surface area contributed by atoms with Gasteiger partial charge in [0.2, 0.25) is 0 Å². The van der Waals surface area contributed by atoms with Gasteiger partial charge in [0.05, 0.1) is 5.56 Å². The molecular formula is C39H25N3O. The molecule has 0 atom stereocenters. The maximum Gasteiger partial charge on any atom is 0.167 e. The number of benzene rings is 6. The summed E-state index contributed by atoms with van der Waals surface area (Å²) < 4.78 is 6.68. The molecule has 0 aliphatic heterocycles. The van der Waals surface area contributed by atoms with Crippen LogP contribution in [0.1, 0.15) is 0 Å². The molecule has 0 saturated heterocycles. The van der Waals surface area contributed by atoms with Crippen molar-refractivity contribution in [1.82, 2.24) is 15.0 Å². The summed E-state index contributed by atoms with van der Waals surface area (Å²) in [5, 5.41) is 2.09. The number of fused-ring (bicyclic) bond motifs is 3. The van der Waals surface area contributed by atoms with Crippen LogP contribution >= 0.6 is 0 Å². The van der Waals surface area contributed by atoms with Gasteiger partial charge < -0.3 is 4.42 Å². The molecule has 4 heteroatoms. The molecular weight excluding hydrogens is 526 g/mol. The summed E-state index contributed by atoms with van der Waals surface area (Å²) in [5.74, 6) is 1.80. The van der Waals surface area contributed by atoms with Crippen LogP contribution in [-0.2, 0) is 0 Å². The molecule has 43 heavy (non-hydrogen) atoms. The number of para-hydroxylation sites is 2. The first-order valence-corrected chi connectivity index (χ1v) is 14.3. The number of furan rings is 1. The number of rotatable bonds is 5. The first-order valence-electron chi connectivity index (χ1n) is 14.3. The third kappa shape index (κ3) is 4.55. The highest BCUT2D eigenvalue weighted by Crippen LogP contribution is 2.39. The van der Waals surface area contributed by atoms with Gasteiger partial charge in [0.25, 0.3) is 0 Å². The zero-order valence-corrected chi connectivity index (χ0v) is 23.2. The van der Waals surface area contributed by atoms with Crippen LogP contribution in [0.2, 0.25) is 0 Å². The number of nitrogens with zero attached hydrogens (tertiary/aromatic N) is 3. The third-order valence-electron chi connectivity index (χ3n) is 7.77. The van der Waals surface area contributed by atoms with Crippen molar-refractivity contribution in [2.75, 3.05) is 0 Å². The minimum absolute atomic E-state index is 0.571. The van der Waals surface area contributed by atoms with Crippen LogP contribution in [0.4, 0.5) is 0 Å². The van der Waals surface area contributed by atoms with Crippen molar-refractivity contribution in [3.63, 3.8) is 0 Å². The lowest BCUT2D eigenvalue weighted by Crippen LogP contribution is -2.00. The Kier molecular flexibility index (Phi) is 6.08. The van der Waals surface area contributed by atoms with E-state index in [2.05, 4.69) is 84.9 Å². The molecule has 0 aliphatic carbocycles. The lowest BCUT2D eigenvalue weighted by Gasteiger charge is -2.09. The van der Waals surface area contributed by atoms with Crippen LogP contribution in [0.15, 0.2) is 156 Å². The Morgan fingerprint density at radius 3 is 1.33 bits per heavy atom. The molecule has 0 saturated carbocycles.